The van der Waals surface area contributed by atoms with E-state index in [0.29, 0.717) is 30.1 Å². The first kappa shape index (κ1) is 25.7. The van der Waals surface area contributed by atoms with Crippen molar-refractivity contribution in [1.82, 2.24) is 10.2 Å². The molecule has 0 aliphatic rings. The van der Waals surface area contributed by atoms with E-state index in [2.05, 4.69) is 5.32 Å². The van der Waals surface area contributed by atoms with E-state index in [9.17, 15) is 18.0 Å². The SMILES string of the molecule is CNC(=O)[C@@H](C)N(CCc1ccccc1)C(=O)CCCN(c1ccc(Cl)cc1)S(C)(=O)=O. The van der Waals surface area contributed by atoms with Gasteiger partial charge < -0.3 is 10.2 Å². The summed E-state index contributed by atoms with van der Waals surface area (Å²) in [5.74, 6) is -0.438. The van der Waals surface area contributed by atoms with Crippen molar-refractivity contribution < 1.29 is 18.0 Å². The van der Waals surface area contributed by atoms with Gasteiger partial charge in [-0.3, -0.25) is 13.9 Å². The van der Waals surface area contributed by atoms with Crippen LogP contribution < -0.4 is 9.62 Å². The molecule has 0 unspecified atom stereocenters. The highest BCUT2D eigenvalue weighted by molar-refractivity contribution is 7.92. The number of nitrogens with zero attached hydrogens (tertiary/aromatic N) is 2. The second-order valence-electron chi connectivity index (χ2n) is 7.53. The Morgan fingerprint density at radius 2 is 1.66 bits per heavy atom. The lowest BCUT2D eigenvalue weighted by atomic mass is 10.1. The lowest BCUT2D eigenvalue weighted by Crippen LogP contribution is -2.48. The van der Waals surface area contributed by atoms with Crippen LogP contribution in [0.15, 0.2) is 54.6 Å². The first-order valence-electron chi connectivity index (χ1n) is 10.4. The van der Waals surface area contributed by atoms with E-state index in [4.69, 9.17) is 11.6 Å². The first-order valence-corrected chi connectivity index (χ1v) is 12.6. The molecule has 32 heavy (non-hydrogen) atoms. The van der Waals surface area contributed by atoms with Crippen molar-refractivity contribution in [3.05, 3.63) is 65.2 Å². The molecular formula is C23H30ClN3O4S. The van der Waals surface area contributed by atoms with Crippen LogP contribution in [0, 0.1) is 0 Å². The molecule has 174 valence electrons. The van der Waals surface area contributed by atoms with Crippen LogP contribution in [0.3, 0.4) is 0 Å². The van der Waals surface area contributed by atoms with Gasteiger partial charge >= 0.3 is 0 Å². The summed E-state index contributed by atoms with van der Waals surface area (Å²) in [6, 6.07) is 15.6. The van der Waals surface area contributed by atoms with Crippen molar-refractivity contribution >= 4 is 39.1 Å². The number of rotatable bonds is 11. The van der Waals surface area contributed by atoms with Crippen LogP contribution >= 0.6 is 11.6 Å². The third-order valence-corrected chi connectivity index (χ3v) is 6.61. The van der Waals surface area contributed by atoms with Crippen LogP contribution in [0.25, 0.3) is 0 Å². The molecule has 2 aromatic rings. The molecule has 9 heteroatoms. The highest BCUT2D eigenvalue weighted by atomic mass is 35.5. The molecule has 0 saturated heterocycles. The number of halogens is 1. The number of hydrogen-bond donors (Lipinski definition) is 1. The smallest absolute Gasteiger partial charge is 0.242 e. The number of likely N-dealkylation sites (N-methyl/N-ethyl adjacent to an activating group) is 1. The Morgan fingerprint density at radius 3 is 2.22 bits per heavy atom. The lowest BCUT2D eigenvalue weighted by molar-refractivity contribution is -0.139. The van der Waals surface area contributed by atoms with Gasteiger partial charge in [0.05, 0.1) is 11.9 Å². The molecule has 0 fully saturated rings. The standard InChI is InChI=1S/C23H30ClN3O4S/c1-18(23(29)25-2)26(17-15-19-8-5-4-6-9-19)22(28)10-7-16-27(32(3,30)31)21-13-11-20(24)12-14-21/h4-6,8-9,11-14,18H,7,10,15-17H2,1-3H3,(H,25,29)/t18-/m1/s1. The monoisotopic (exact) mass is 479 g/mol. The third-order valence-electron chi connectivity index (χ3n) is 5.16. The van der Waals surface area contributed by atoms with Crippen molar-refractivity contribution in [1.29, 1.82) is 0 Å². The minimum atomic E-state index is -3.53. The number of anilines is 1. The number of hydrogen-bond acceptors (Lipinski definition) is 4. The quantitative estimate of drug-likeness (QED) is 0.536. The maximum absolute atomic E-state index is 13.0. The normalized spacial score (nSPS) is 12.1. The number of benzene rings is 2. The lowest BCUT2D eigenvalue weighted by Gasteiger charge is -2.29. The van der Waals surface area contributed by atoms with Crippen LogP contribution in [0.5, 0.6) is 0 Å². The number of sulfonamides is 1. The summed E-state index contributed by atoms with van der Waals surface area (Å²) in [5, 5.41) is 3.10. The molecule has 2 rings (SSSR count). The Hall–Kier alpha value is -2.58. The summed E-state index contributed by atoms with van der Waals surface area (Å²) in [6.07, 6.45) is 2.18. The Labute approximate surface area is 195 Å². The maximum atomic E-state index is 13.0. The van der Waals surface area contributed by atoms with E-state index in [-0.39, 0.29) is 24.8 Å². The number of nitrogens with one attached hydrogen (secondary N) is 1. The molecule has 0 aromatic heterocycles. The fraction of sp³-hybridized carbons (Fsp3) is 0.391. The van der Waals surface area contributed by atoms with E-state index in [1.807, 2.05) is 30.3 Å². The Balaban J connectivity index is 2.06. The fourth-order valence-corrected chi connectivity index (χ4v) is 4.48. The van der Waals surface area contributed by atoms with E-state index in [1.165, 1.54) is 11.4 Å². The van der Waals surface area contributed by atoms with Gasteiger partial charge in [0, 0.05) is 31.6 Å². The van der Waals surface area contributed by atoms with Gasteiger partial charge in [-0.1, -0.05) is 41.9 Å². The van der Waals surface area contributed by atoms with E-state index in [1.54, 1.807) is 36.1 Å². The molecule has 7 nitrogen and oxygen atoms in total. The third kappa shape index (κ3) is 7.53. The molecule has 0 spiro atoms. The summed E-state index contributed by atoms with van der Waals surface area (Å²) in [6.45, 7) is 2.23. The molecule has 0 bridgehead atoms. The van der Waals surface area contributed by atoms with Gasteiger partial charge in [-0.15, -0.1) is 0 Å². The van der Waals surface area contributed by atoms with Gasteiger partial charge in [0.25, 0.3) is 0 Å². The second kappa shape index (κ2) is 11.9. The number of amides is 2. The largest absolute Gasteiger partial charge is 0.357 e. The molecule has 2 amide bonds. The first-order chi connectivity index (χ1) is 15.1. The van der Waals surface area contributed by atoms with Crippen LogP contribution in [0.2, 0.25) is 5.02 Å². The number of carbonyl (C=O) groups is 2. The highest BCUT2D eigenvalue weighted by Crippen LogP contribution is 2.21. The van der Waals surface area contributed by atoms with Crippen molar-refractivity contribution in [2.45, 2.75) is 32.2 Å². The molecular weight excluding hydrogens is 450 g/mol. The summed E-state index contributed by atoms with van der Waals surface area (Å²) in [5.41, 5.74) is 1.56. The van der Waals surface area contributed by atoms with Crippen LogP contribution in [-0.4, -0.2) is 57.6 Å². The van der Waals surface area contributed by atoms with Crippen LogP contribution in [-0.2, 0) is 26.0 Å². The predicted octanol–water partition coefficient (Wildman–Crippen LogP) is 3.09. The summed E-state index contributed by atoms with van der Waals surface area (Å²) in [7, 11) is -1.99. The van der Waals surface area contributed by atoms with Crippen molar-refractivity contribution in [2.75, 3.05) is 30.7 Å². The topological polar surface area (TPSA) is 86.8 Å². The molecule has 2 aromatic carbocycles. The van der Waals surface area contributed by atoms with Crippen molar-refractivity contribution in [2.24, 2.45) is 0 Å². The summed E-state index contributed by atoms with van der Waals surface area (Å²) in [4.78, 5) is 26.7. The van der Waals surface area contributed by atoms with Crippen LogP contribution in [0.1, 0.15) is 25.3 Å². The zero-order valence-electron chi connectivity index (χ0n) is 18.6. The van der Waals surface area contributed by atoms with Crippen LogP contribution in [0.4, 0.5) is 5.69 Å². The van der Waals surface area contributed by atoms with E-state index >= 15 is 0 Å². The van der Waals surface area contributed by atoms with Gasteiger partial charge in [0.1, 0.15) is 6.04 Å². The highest BCUT2D eigenvalue weighted by Gasteiger charge is 2.25. The maximum Gasteiger partial charge on any atom is 0.242 e. The van der Waals surface area contributed by atoms with Crippen molar-refractivity contribution in [3.8, 4) is 0 Å². The Bertz CT molecular complexity index is 998. The molecule has 0 saturated carbocycles. The second-order valence-corrected chi connectivity index (χ2v) is 9.87. The van der Waals surface area contributed by atoms with Gasteiger partial charge in [-0.05, 0) is 49.6 Å². The predicted molar refractivity (Wildman–Crippen MR) is 128 cm³/mol. The zero-order valence-corrected chi connectivity index (χ0v) is 20.2. The summed E-state index contributed by atoms with van der Waals surface area (Å²) < 4.78 is 25.8. The molecule has 0 radical (unpaired) electrons. The zero-order chi connectivity index (χ0) is 23.7. The Morgan fingerprint density at radius 1 is 1.03 bits per heavy atom. The molecule has 0 heterocycles. The van der Waals surface area contributed by atoms with Gasteiger partial charge in [0.2, 0.25) is 21.8 Å². The molecule has 1 N–H and O–H groups in total. The average Bonchev–Trinajstić information content (AvgIpc) is 2.77. The van der Waals surface area contributed by atoms with Gasteiger partial charge in [-0.2, -0.15) is 0 Å². The number of carbonyl (C=O) groups excluding carboxylic acids is 2. The molecule has 0 aliphatic carbocycles. The average molecular weight is 480 g/mol. The van der Waals surface area contributed by atoms with Crippen molar-refractivity contribution in [3.63, 3.8) is 0 Å². The van der Waals surface area contributed by atoms with Gasteiger partial charge in [-0.25, -0.2) is 8.42 Å². The molecule has 1 atom stereocenters. The minimum absolute atomic E-state index is 0.121. The molecule has 0 aliphatic heterocycles. The Kier molecular flexibility index (Phi) is 9.53. The summed E-state index contributed by atoms with van der Waals surface area (Å²) >= 11 is 5.90. The van der Waals surface area contributed by atoms with E-state index < -0.39 is 16.1 Å². The fourth-order valence-electron chi connectivity index (χ4n) is 3.39. The van der Waals surface area contributed by atoms with Gasteiger partial charge in [0.15, 0.2) is 0 Å². The minimum Gasteiger partial charge on any atom is -0.357 e. The van der Waals surface area contributed by atoms with E-state index in [0.717, 1.165) is 11.8 Å².